The molecule has 4 N–H and O–H groups in total. The highest BCUT2D eigenvalue weighted by Gasteiger charge is 2.27. The van der Waals surface area contributed by atoms with Gasteiger partial charge in [0.1, 0.15) is 5.82 Å². The van der Waals surface area contributed by atoms with Gasteiger partial charge in [-0.1, -0.05) is 18.2 Å². The number of halogens is 1. The van der Waals surface area contributed by atoms with Gasteiger partial charge in [0.05, 0.1) is 5.54 Å². The Bertz CT molecular complexity index is 1240. The van der Waals surface area contributed by atoms with Crippen LogP contribution in [0.1, 0.15) is 69.1 Å². The lowest BCUT2D eigenvalue weighted by molar-refractivity contribution is -0.140. The molecule has 0 unspecified atom stereocenters. The summed E-state index contributed by atoms with van der Waals surface area (Å²) in [6.07, 6.45) is 3.26. The highest BCUT2D eigenvalue weighted by molar-refractivity contribution is 6.35. The van der Waals surface area contributed by atoms with E-state index < -0.39 is 17.4 Å². The zero-order valence-corrected chi connectivity index (χ0v) is 22.6. The standard InChI is InChI=1S/C29H36FN5O4/c1-18(36)34-29(2,3)17-31-26(37)27(38)32-24-10-5-19(6-11-24)20-7-12-25(13-8-20)33-28(39)35-15-21-4-9-23(30)14-22(21)16-35/h4,7-9,12-14,19,24H,5-6,10-11,15-17H2,1-3H3,(H,31,37)(H,32,38)(H,33,39)(H,34,36). The lowest BCUT2D eigenvalue weighted by Gasteiger charge is -2.29. The Labute approximate surface area is 227 Å². The van der Waals surface area contributed by atoms with Crippen molar-refractivity contribution in [2.24, 2.45) is 0 Å². The van der Waals surface area contributed by atoms with E-state index in [1.54, 1.807) is 24.8 Å². The van der Waals surface area contributed by atoms with Crippen molar-refractivity contribution in [1.29, 1.82) is 0 Å². The first kappa shape index (κ1) is 28.1. The monoisotopic (exact) mass is 537 g/mol. The number of rotatable bonds is 6. The van der Waals surface area contributed by atoms with Crippen LogP contribution in [-0.4, -0.2) is 46.8 Å². The maximum Gasteiger partial charge on any atom is 0.322 e. The molecule has 1 heterocycles. The van der Waals surface area contributed by atoms with Crippen LogP contribution in [0.4, 0.5) is 14.9 Å². The fourth-order valence-corrected chi connectivity index (χ4v) is 5.27. The van der Waals surface area contributed by atoms with Crippen molar-refractivity contribution in [2.45, 2.75) is 77.0 Å². The average molecular weight is 538 g/mol. The van der Waals surface area contributed by atoms with E-state index in [-0.39, 0.29) is 30.3 Å². The minimum absolute atomic E-state index is 0.0699. The predicted octanol–water partition coefficient (Wildman–Crippen LogP) is 3.55. The van der Waals surface area contributed by atoms with Crippen LogP contribution >= 0.6 is 0 Å². The predicted molar refractivity (Wildman–Crippen MR) is 145 cm³/mol. The fourth-order valence-electron chi connectivity index (χ4n) is 5.27. The molecule has 0 saturated heterocycles. The van der Waals surface area contributed by atoms with E-state index in [1.807, 2.05) is 24.3 Å². The van der Waals surface area contributed by atoms with Gasteiger partial charge in [0, 0.05) is 38.3 Å². The number of hydrogen-bond acceptors (Lipinski definition) is 4. The third-order valence-electron chi connectivity index (χ3n) is 7.29. The van der Waals surface area contributed by atoms with Gasteiger partial charge in [-0.15, -0.1) is 0 Å². The van der Waals surface area contributed by atoms with E-state index in [4.69, 9.17) is 0 Å². The molecule has 9 nitrogen and oxygen atoms in total. The molecule has 39 heavy (non-hydrogen) atoms. The molecule has 1 fully saturated rings. The summed E-state index contributed by atoms with van der Waals surface area (Å²) in [5, 5.41) is 11.1. The van der Waals surface area contributed by atoms with Crippen molar-refractivity contribution in [3.05, 3.63) is 65.0 Å². The van der Waals surface area contributed by atoms with E-state index in [1.165, 1.54) is 24.6 Å². The molecule has 208 valence electrons. The minimum atomic E-state index is -0.710. The molecule has 2 aromatic rings. The van der Waals surface area contributed by atoms with Gasteiger partial charge in [-0.25, -0.2) is 9.18 Å². The highest BCUT2D eigenvalue weighted by Crippen LogP contribution is 2.33. The number of benzene rings is 2. The molecule has 5 amide bonds. The Hall–Kier alpha value is -3.95. The lowest BCUT2D eigenvalue weighted by atomic mass is 9.81. The first-order valence-electron chi connectivity index (χ1n) is 13.3. The summed E-state index contributed by atoms with van der Waals surface area (Å²) in [5.74, 6) is -1.55. The van der Waals surface area contributed by atoms with Crippen molar-refractivity contribution in [3.63, 3.8) is 0 Å². The smallest absolute Gasteiger partial charge is 0.322 e. The highest BCUT2D eigenvalue weighted by atomic mass is 19.1. The van der Waals surface area contributed by atoms with Crippen LogP contribution in [0, 0.1) is 5.82 Å². The molecule has 0 atom stereocenters. The third kappa shape index (κ3) is 7.55. The van der Waals surface area contributed by atoms with E-state index >= 15 is 0 Å². The molecule has 0 bridgehead atoms. The summed E-state index contributed by atoms with van der Waals surface area (Å²) in [4.78, 5) is 50.2. The van der Waals surface area contributed by atoms with Gasteiger partial charge in [0.25, 0.3) is 0 Å². The molecule has 1 aliphatic heterocycles. The SMILES string of the molecule is CC(=O)NC(C)(C)CNC(=O)C(=O)NC1CCC(c2ccc(NC(=O)N3Cc4ccc(F)cc4C3)cc2)CC1. The summed E-state index contributed by atoms with van der Waals surface area (Å²) in [5.41, 5.74) is 3.00. The van der Waals surface area contributed by atoms with Crippen LogP contribution in [0.3, 0.4) is 0 Å². The molecule has 0 spiro atoms. The first-order valence-corrected chi connectivity index (χ1v) is 13.3. The van der Waals surface area contributed by atoms with E-state index in [9.17, 15) is 23.6 Å². The largest absolute Gasteiger partial charge is 0.350 e. The number of carbonyl (C=O) groups is 4. The summed E-state index contributed by atoms with van der Waals surface area (Å²) in [6, 6.07) is 12.1. The third-order valence-corrected chi connectivity index (χ3v) is 7.29. The number of anilines is 1. The Morgan fingerprint density at radius 3 is 2.26 bits per heavy atom. The van der Waals surface area contributed by atoms with Crippen molar-refractivity contribution in [1.82, 2.24) is 20.9 Å². The molecule has 1 aliphatic carbocycles. The Kier molecular flexibility index (Phi) is 8.52. The van der Waals surface area contributed by atoms with E-state index in [2.05, 4.69) is 21.3 Å². The average Bonchev–Trinajstić information content (AvgIpc) is 3.31. The zero-order chi connectivity index (χ0) is 28.2. The maximum atomic E-state index is 13.5. The van der Waals surface area contributed by atoms with E-state index in [0.717, 1.165) is 36.8 Å². The summed E-state index contributed by atoms with van der Waals surface area (Å²) >= 11 is 0. The Morgan fingerprint density at radius 2 is 1.59 bits per heavy atom. The summed E-state index contributed by atoms with van der Waals surface area (Å²) in [6.45, 7) is 5.92. The number of carbonyl (C=O) groups excluding carboxylic acids is 4. The molecule has 0 aromatic heterocycles. The second-order valence-electron chi connectivity index (χ2n) is 11.1. The van der Waals surface area contributed by atoms with Crippen molar-refractivity contribution >= 4 is 29.4 Å². The van der Waals surface area contributed by atoms with Gasteiger partial charge in [0.15, 0.2) is 0 Å². The normalized spacial score (nSPS) is 18.6. The number of fused-ring (bicyclic) bond motifs is 1. The molecule has 4 rings (SSSR count). The molecule has 1 saturated carbocycles. The van der Waals surface area contributed by atoms with Crippen LogP contribution in [-0.2, 0) is 27.5 Å². The molecular formula is C29H36FN5O4. The van der Waals surface area contributed by atoms with E-state index in [0.29, 0.717) is 24.7 Å². The molecule has 0 radical (unpaired) electrons. The second kappa shape index (κ2) is 11.8. The topological polar surface area (TPSA) is 120 Å². The fraction of sp³-hybridized carbons (Fsp3) is 0.448. The maximum absolute atomic E-state index is 13.5. The van der Waals surface area contributed by atoms with Crippen molar-refractivity contribution < 1.29 is 23.6 Å². The van der Waals surface area contributed by atoms with Gasteiger partial charge >= 0.3 is 17.8 Å². The molecule has 10 heteroatoms. The molecular weight excluding hydrogens is 501 g/mol. The van der Waals surface area contributed by atoms with Crippen LogP contribution in [0.2, 0.25) is 0 Å². The lowest BCUT2D eigenvalue weighted by Crippen LogP contribution is -2.53. The van der Waals surface area contributed by atoms with Crippen molar-refractivity contribution in [3.8, 4) is 0 Å². The number of nitrogens with one attached hydrogen (secondary N) is 4. The number of nitrogens with zero attached hydrogens (tertiary/aromatic N) is 1. The zero-order valence-electron chi connectivity index (χ0n) is 22.6. The van der Waals surface area contributed by atoms with Gasteiger partial charge < -0.3 is 26.2 Å². The van der Waals surface area contributed by atoms with Gasteiger partial charge in [0.2, 0.25) is 5.91 Å². The van der Waals surface area contributed by atoms with Crippen LogP contribution in [0.25, 0.3) is 0 Å². The number of amides is 5. The van der Waals surface area contributed by atoms with Gasteiger partial charge in [-0.05, 0) is 86.4 Å². The summed E-state index contributed by atoms with van der Waals surface area (Å²) < 4.78 is 13.5. The number of hydrogen-bond donors (Lipinski definition) is 4. The van der Waals surface area contributed by atoms with Crippen molar-refractivity contribution in [2.75, 3.05) is 11.9 Å². The van der Waals surface area contributed by atoms with Crippen LogP contribution in [0.15, 0.2) is 42.5 Å². The second-order valence-corrected chi connectivity index (χ2v) is 11.1. The number of urea groups is 1. The van der Waals surface area contributed by atoms with Gasteiger partial charge in [-0.2, -0.15) is 0 Å². The Morgan fingerprint density at radius 1 is 0.923 bits per heavy atom. The first-order chi connectivity index (χ1) is 18.5. The summed E-state index contributed by atoms with van der Waals surface area (Å²) in [7, 11) is 0. The quantitative estimate of drug-likeness (QED) is 0.422. The molecule has 2 aliphatic rings. The minimum Gasteiger partial charge on any atom is -0.350 e. The van der Waals surface area contributed by atoms with Gasteiger partial charge in [-0.3, -0.25) is 14.4 Å². The van der Waals surface area contributed by atoms with Crippen LogP contribution in [0.5, 0.6) is 0 Å². The Balaban J connectivity index is 1.20. The van der Waals surface area contributed by atoms with Crippen LogP contribution < -0.4 is 21.3 Å². The molecule has 2 aromatic carbocycles.